The summed E-state index contributed by atoms with van der Waals surface area (Å²) in [6.45, 7) is 5.69. The summed E-state index contributed by atoms with van der Waals surface area (Å²) in [6, 6.07) is 0. The van der Waals surface area contributed by atoms with Gasteiger partial charge in [0.1, 0.15) is 0 Å². The molecule has 0 amide bonds. The van der Waals surface area contributed by atoms with Crippen LogP contribution < -0.4 is 0 Å². The minimum atomic E-state index is 0.493. The van der Waals surface area contributed by atoms with Gasteiger partial charge in [0.25, 0.3) is 0 Å². The third kappa shape index (κ3) is 6.44. The molecule has 0 rings (SSSR count). The molecule has 0 radical (unpaired) electrons. The van der Waals surface area contributed by atoms with Crippen LogP contribution in [0.5, 0.6) is 0 Å². The van der Waals surface area contributed by atoms with Crippen LogP contribution in [0.1, 0.15) is 13.8 Å². The van der Waals surface area contributed by atoms with Crippen LogP contribution in [0.15, 0.2) is 0 Å². The number of ether oxygens (including phenoxy) is 1. The minimum absolute atomic E-state index is 0.493. The fourth-order valence-electron chi connectivity index (χ4n) is 0.280. The zero-order valence-electron chi connectivity index (χ0n) is 4.78. The number of rotatable bonds is 3. The van der Waals surface area contributed by atoms with Gasteiger partial charge in [-0.2, -0.15) is 0 Å². The quantitative estimate of drug-likeness (QED) is 0.582. The number of hydrogen-bond acceptors (Lipinski definition) is 1. The van der Waals surface area contributed by atoms with Crippen molar-refractivity contribution >= 4 is 15.9 Å². The normalized spacial score (nSPS) is 14.1. The second-order valence-electron chi connectivity index (χ2n) is 1.44. The van der Waals surface area contributed by atoms with E-state index < -0.39 is 0 Å². The predicted molar refractivity (Wildman–Crippen MR) is 34.9 cm³/mol. The van der Waals surface area contributed by atoms with Gasteiger partial charge >= 0.3 is 0 Å². The maximum Gasteiger partial charge on any atom is 0.0588 e. The van der Waals surface area contributed by atoms with Crippen molar-refractivity contribution < 1.29 is 4.74 Å². The number of alkyl halides is 1. The first-order valence-corrected chi connectivity index (χ1v) is 3.40. The molecule has 1 atom stereocenters. The first-order chi connectivity index (χ1) is 3.27. The number of hydrogen-bond donors (Lipinski definition) is 0. The van der Waals surface area contributed by atoms with Crippen LogP contribution in [0.2, 0.25) is 0 Å². The van der Waals surface area contributed by atoms with Crippen molar-refractivity contribution in [2.24, 2.45) is 0 Å². The fourth-order valence-corrected chi connectivity index (χ4v) is 0.467. The van der Waals surface area contributed by atoms with E-state index in [1.165, 1.54) is 0 Å². The van der Waals surface area contributed by atoms with E-state index in [4.69, 9.17) is 4.74 Å². The van der Waals surface area contributed by atoms with Crippen molar-refractivity contribution in [1.82, 2.24) is 0 Å². The molecule has 0 aliphatic carbocycles. The lowest BCUT2D eigenvalue weighted by Crippen LogP contribution is -2.02. The van der Waals surface area contributed by atoms with Gasteiger partial charge < -0.3 is 4.74 Å². The Kier molecular flexibility index (Phi) is 4.88. The lowest BCUT2D eigenvalue weighted by molar-refractivity contribution is 0.152. The van der Waals surface area contributed by atoms with Crippen molar-refractivity contribution in [2.45, 2.75) is 18.7 Å². The Morgan fingerprint density at radius 1 is 1.71 bits per heavy atom. The highest BCUT2D eigenvalue weighted by molar-refractivity contribution is 9.09. The zero-order valence-corrected chi connectivity index (χ0v) is 6.36. The molecule has 0 saturated carbocycles. The van der Waals surface area contributed by atoms with Crippen LogP contribution in [0.25, 0.3) is 0 Å². The Morgan fingerprint density at radius 2 is 2.29 bits per heavy atom. The van der Waals surface area contributed by atoms with Gasteiger partial charge in [-0.25, -0.2) is 0 Å². The molecule has 0 saturated heterocycles. The maximum atomic E-state index is 5.05. The van der Waals surface area contributed by atoms with E-state index in [0.29, 0.717) is 4.83 Å². The summed E-state index contributed by atoms with van der Waals surface area (Å²) < 4.78 is 5.05. The highest BCUT2D eigenvalue weighted by Crippen LogP contribution is 1.95. The van der Waals surface area contributed by atoms with Crippen molar-refractivity contribution in [3.8, 4) is 0 Å². The third-order valence-electron chi connectivity index (χ3n) is 0.552. The molecule has 0 heterocycles. The molecule has 0 aromatic carbocycles. The molecule has 0 aliphatic rings. The molecule has 0 N–H and O–H groups in total. The summed E-state index contributed by atoms with van der Waals surface area (Å²) in [4.78, 5) is 0.493. The van der Waals surface area contributed by atoms with Crippen LogP contribution in [0.3, 0.4) is 0 Å². The maximum absolute atomic E-state index is 5.05. The Hall–Kier alpha value is 0.440. The van der Waals surface area contributed by atoms with E-state index in [-0.39, 0.29) is 0 Å². The monoisotopic (exact) mass is 166 g/mol. The molecule has 0 bridgehead atoms. The van der Waals surface area contributed by atoms with E-state index in [2.05, 4.69) is 22.9 Å². The van der Waals surface area contributed by atoms with Gasteiger partial charge in [-0.05, 0) is 6.92 Å². The molecular weight excluding hydrogens is 156 g/mol. The highest BCUT2D eigenvalue weighted by Gasteiger charge is 1.90. The van der Waals surface area contributed by atoms with Crippen molar-refractivity contribution in [2.75, 3.05) is 13.2 Å². The summed E-state index contributed by atoms with van der Waals surface area (Å²) >= 11 is 3.35. The average molecular weight is 167 g/mol. The molecule has 44 valence electrons. The Morgan fingerprint density at radius 3 is 2.43 bits per heavy atom. The van der Waals surface area contributed by atoms with Crippen molar-refractivity contribution in [3.63, 3.8) is 0 Å². The molecule has 2 heteroatoms. The lowest BCUT2D eigenvalue weighted by atomic mass is 10.5. The van der Waals surface area contributed by atoms with E-state index in [1.807, 2.05) is 6.92 Å². The Labute approximate surface area is 53.2 Å². The van der Waals surface area contributed by atoms with Gasteiger partial charge in [-0.1, -0.05) is 22.9 Å². The Bertz CT molecular complexity index is 37.1. The smallest absolute Gasteiger partial charge is 0.0588 e. The van der Waals surface area contributed by atoms with E-state index >= 15 is 0 Å². The third-order valence-corrected chi connectivity index (χ3v) is 0.816. The summed E-state index contributed by atoms with van der Waals surface area (Å²) in [5.74, 6) is 0. The molecule has 0 spiro atoms. The largest absolute Gasteiger partial charge is 0.381 e. The van der Waals surface area contributed by atoms with Crippen LogP contribution in [-0.4, -0.2) is 18.0 Å². The molecule has 7 heavy (non-hydrogen) atoms. The Balaban J connectivity index is 2.68. The molecule has 0 fully saturated rings. The summed E-state index contributed by atoms with van der Waals surface area (Å²) in [5, 5.41) is 0. The van der Waals surface area contributed by atoms with Gasteiger partial charge in [0, 0.05) is 11.4 Å². The van der Waals surface area contributed by atoms with Gasteiger partial charge in [-0.15, -0.1) is 0 Å². The zero-order chi connectivity index (χ0) is 5.70. The van der Waals surface area contributed by atoms with Gasteiger partial charge in [0.15, 0.2) is 0 Å². The average Bonchev–Trinajstić information content (AvgIpc) is 1.61. The van der Waals surface area contributed by atoms with E-state index in [0.717, 1.165) is 13.2 Å². The highest BCUT2D eigenvalue weighted by atomic mass is 79.9. The van der Waals surface area contributed by atoms with Crippen LogP contribution in [0, 0.1) is 0 Å². The van der Waals surface area contributed by atoms with Gasteiger partial charge in [0.05, 0.1) is 6.61 Å². The SMILES string of the molecule is CCOC[C@H](C)Br. The minimum Gasteiger partial charge on any atom is -0.381 e. The van der Waals surface area contributed by atoms with Gasteiger partial charge in [-0.3, -0.25) is 0 Å². The van der Waals surface area contributed by atoms with Crippen LogP contribution in [0.4, 0.5) is 0 Å². The standard InChI is InChI=1S/C5H11BrO/c1-3-7-4-5(2)6/h5H,3-4H2,1-2H3/t5-/m0/s1. The first kappa shape index (κ1) is 7.44. The van der Waals surface area contributed by atoms with Crippen LogP contribution in [-0.2, 0) is 4.74 Å². The predicted octanol–water partition coefficient (Wildman–Crippen LogP) is 1.81. The molecule has 0 aliphatic heterocycles. The second-order valence-corrected chi connectivity index (χ2v) is 3.00. The van der Waals surface area contributed by atoms with Crippen molar-refractivity contribution in [3.05, 3.63) is 0 Å². The first-order valence-electron chi connectivity index (χ1n) is 2.49. The summed E-state index contributed by atoms with van der Waals surface area (Å²) in [6.07, 6.45) is 0. The number of halogens is 1. The van der Waals surface area contributed by atoms with E-state index in [9.17, 15) is 0 Å². The van der Waals surface area contributed by atoms with Crippen LogP contribution >= 0.6 is 15.9 Å². The molecule has 0 aromatic rings. The van der Waals surface area contributed by atoms with E-state index in [1.54, 1.807) is 0 Å². The molecule has 0 unspecified atom stereocenters. The van der Waals surface area contributed by atoms with Gasteiger partial charge in [0.2, 0.25) is 0 Å². The van der Waals surface area contributed by atoms with Crippen molar-refractivity contribution in [1.29, 1.82) is 0 Å². The lowest BCUT2D eigenvalue weighted by Gasteiger charge is -1.99. The molecule has 0 aromatic heterocycles. The molecular formula is C5H11BrO. The summed E-state index contributed by atoms with van der Waals surface area (Å²) in [7, 11) is 0. The fraction of sp³-hybridized carbons (Fsp3) is 1.00. The summed E-state index contributed by atoms with van der Waals surface area (Å²) in [5.41, 5.74) is 0. The second kappa shape index (κ2) is 4.60. The topological polar surface area (TPSA) is 9.23 Å². The molecule has 1 nitrogen and oxygen atoms in total.